The van der Waals surface area contributed by atoms with Crippen LogP contribution in [0.2, 0.25) is 0 Å². The molecule has 0 aromatic rings. The lowest BCUT2D eigenvalue weighted by Gasteiger charge is -2.36. The Balaban J connectivity index is 2.11. The molecule has 1 saturated heterocycles. The Kier molecular flexibility index (Phi) is 4.79. The topological polar surface area (TPSA) is 20.3 Å². The zero-order valence-electron chi connectivity index (χ0n) is 10.8. The lowest BCUT2D eigenvalue weighted by Crippen LogP contribution is -2.46. The van der Waals surface area contributed by atoms with Crippen molar-refractivity contribution in [2.75, 3.05) is 11.9 Å². The van der Waals surface area contributed by atoms with Gasteiger partial charge in [-0.1, -0.05) is 28.8 Å². The molecule has 1 amide bonds. The molecule has 1 saturated carbocycles. The molecule has 6 heteroatoms. The first kappa shape index (κ1) is 15.1. The number of hydrogen-bond acceptors (Lipinski definition) is 1. The molecular formula is C13H19BrF3NO. The highest BCUT2D eigenvalue weighted by atomic mass is 79.9. The Morgan fingerprint density at radius 1 is 1.16 bits per heavy atom. The van der Waals surface area contributed by atoms with Gasteiger partial charge in [0.25, 0.3) is 0 Å². The summed E-state index contributed by atoms with van der Waals surface area (Å²) in [6, 6.07) is 0.0725. The quantitative estimate of drug-likeness (QED) is 0.700. The number of halogens is 4. The van der Waals surface area contributed by atoms with E-state index in [1.165, 1.54) is 0 Å². The number of amides is 1. The third kappa shape index (κ3) is 3.26. The average molecular weight is 342 g/mol. The van der Waals surface area contributed by atoms with Crippen LogP contribution in [0.15, 0.2) is 0 Å². The van der Waals surface area contributed by atoms with Crippen LogP contribution < -0.4 is 0 Å². The molecule has 1 heterocycles. The zero-order valence-corrected chi connectivity index (χ0v) is 12.3. The Morgan fingerprint density at radius 3 is 2.47 bits per heavy atom. The molecule has 0 radical (unpaired) electrons. The van der Waals surface area contributed by atoms with Crippen LogP contribution in [0.3, 0.4) is 0 Å². The summed E-state index contributed by atoms with van der Waals surface area (Å²) in [4.78, 5) is 14.1. The van der Waals surface area contributed by atoms with E-state index in [0.29, 0.717) is 24.7 Å². The lowest BCUT2D eigenvalue weighted by molar-refractivity contribution is -0.201. The number of carbonyl (C=O) groups is 1. The second kappa shape index (κ2) is 6.02. The van der Waals surface area contributed by atoms with Gasteiger partial charge in [-0.05, 0) is 25.7 Å². The van der Waals surface area contributed by atoms with Crippen LogP contribution in [-0.2, 0) is 4.79 Å². The van der Waals surface area contributed by atoms with Crippen molar-refractivity contribution in [1.82, 2.24) is 4.90 Å². The van der Waals surface area contributed by atoms with Crippen molar-refractivity contribution in [3.8, 4) is 0 Å². The van der Waals surface area contributed by atoms with Crippen LogP contribution in [0.4, 0.5) is 13.2 Å². The van der Waals surface area contributed by atoms with E-state index in [2.05, 4.69) is 15.9 Å². The molecule has 2 aliphatic rings. The normalized spacial score (nSPS) is 32.6. The summed E-state index contributed by atoms with van der Waals surface area (Å²) in [5, 5.41) is 0.655. The molecule has 1 aliphatic heterocycles. The fourth-order valence-corrected chi connectivity index (χ4v) is 3.99. The van der Waals surface area contributed by atoms with Gasteiger partial charge in [0.2, 0.25) is 5.91 Å². The molecule has 0 aromatic heterocycles. The highest BCUT2D eigenvalue weighted by molar-refractivity contribution is 9.09. The van der Waals surface area contributed by atoms with Crippen molar-refractivity contribution in [3.63, 3.8) is 0 Å². The molecule has 0 bridgehead atoms. The van der Waals surface area contributed by atoms with Crippen LogP contribution in [-0.4, -0.2) is 34.9 Å². The van der Waals surface area contributed by atoms with Gasteiger partial charge in [0.05, 0.1) is 5.92 Å². The van der Waals surface area contributed by atoms with E-state index >= 15 is 0 Å². The Morgan fingerprint density at radius 2 is 1.84 bits per heavy atom. The number of nitrogens with zero attached hydrogens (tertiary/aromatic N) is 1. The second-order valence-electron chi connectivity index (χ2n) is 5.52. The number of likely N-dealkylation sites (tertiary alicyclic amines) is 1. The van der Waals surface area contributed by atoms with E-state index in [-0.39, 0.29) is 18.4 Å². The van der Waals surface area contributed by atoms with Crippen molar-refractivity contribution in [2.24, 2.45) is 11.8 Å². The number of alkyl halides is 4. The van der Waals surface area contributed by atoms with Crippen molar-refractivity contribution in [2.45, 2.75) is 50.7 Å². The molecule has 2 rings (SSSR count). The Hall–Kier alpha value is -0.260. The summed E-state index contributed by atoms with van der Waals surface area (Å²) in [5.41, 5.74) is 0. The van der Waals surface area contributed by atoms with Gasteiger partial charge in [-0.25, -0.2) is 0 Å². The minimum Gasteiger partial charge on any atom is -0.339 e. The van der Waals surface area contributed by atoms with Gasteiger partial charge in [0, 0.05) is 23.8 Å². The maximum absolute atomic E-state index is 13.0. The van der Waals surface area contributed by atoms with Crippen molar-refractivity contribution < 1.29 is 18.0 Å². The highest BCUT2D eigenvalue weighted by Crippen LogP contribution is 2.42. The third-order valence-electron chi connectivity index (χ3n) is 4.34. The first-order valence-electron chi connectivity index (χ1n) is 6.88. The van der Waals surface area contributed by atoms with Crippen LogP contribution in [0, 0.1) is 11.8 Å². The van der Waals surface area contributed by atoms with Crippen molar-refractivity contribution in [3.05, 3.63) is 0 Å². The largest absolute Gasteiger partial charge is 0.392 e. The van der Waals surface area contributed by atoms with Crippen LogP contribution in [0.25, 0.3) is 0 Å². The molecule has 3 unspecified atom stereocenters. The summed E-state index contributed by atoms with van der Waals surface area (Å²) in [6.45, 7) is 0.607. The fourth-order valence-electron chi connectivity index (χ4n) is 3.32. The Bertz CT molecular complexity index is 334. The minimum absolute atomic E-state index is 0.0725. The first-order valence-corrected chi connectivity index (χ1v) is 8.00. The molecule has 0 aromatic carbocycles. The van der Waals surface area contributed by atoms with Gasteiger partial charge < -0.3 is 4.90 Å². The van der Waals surface area contributed by atoms with Gasteiger partial charge in [-0.2, -0.15) is 13.2 Å². The summed E-state index contributed by atoms with van der Waals surface area (Å²) < 4.78 is 39.1. The van der Waals surface area contributed by atoms with E-state index in [9.17, 15) is 18.0 Å². The second-order valence-corrected chi connectivity index (χ2v) is 6.17. The van der Waals surface area contributed by atoms with Crippen LogP contribution in [0.1, 0.15) is 38.5 Å². The van der Waals surface area contributed by atoms with Gasteiger partial charge in [-0.3, -0.25) is 4.79 Å². The average Bonchev–Trinajstić information content (AvgIpc) is 2.85. The SMILES string of the molecule is O=C(C1CCCCC1C(F)(F)F)N1CCCC1CBr. The fraction of sp³-hybridized carbons (Fsp3) is 0.923. The maximum Gasteiger partial charge on any atom is 0.392 e. The molecule has 2 nitrogen and oxygen atoms in total. The van der Waals surface area contributed by atoms with E-state index in [0.717, 1.165) is 19.3 Å². The number of hydrogen-bond donors (Lipinski definition) is 0. The smallest absolute Gasteiger partial charge is 0.339 e. The van der Waals surface area contributed by atoms with E-state index in [1.807, 2.05) is 0 Å². The first-order chi connectivity index (χ1) is 8.95. The molecular weight excluding hydrogens is 323 g/mol. The monoisotopic (exact) mass is 341 g/mol. The minimum atomic E-state index is -4.25. The number of rotatable bonds is 2. The summed E-state index contributed by atoms with van der Waals surface area (Å²) in [6.07, 6.45) is -0.664. The molecule has 110 valence electrons. The van der Waals surface area contributed by atoms with E-state index in [1.54, 1.807) is 4.90 Å². The van der Waals surface area contributed by atoms with E-state index < -0.39 is 18.0 Å². The molecule has 0 spiro atoms. The predicted molar refractivity (Wildman–Crippen MR) is 70.0 cm³/mol. The Labute approximate surface area is 119 Å². The van der Waals surface area contributed by atoms with Gasteiger partial charge in [-0.15, -0.1) is 0 Å². The summed E-state index contributed by atoms with van der Waals surface area (Å²) >= 11 is 3.35. The molecule has 1 aliphatic carbocycles. The molecule has 3 atom stereocenters. The molecule has 19 heavy (non-hydrogen) atoms. The standard InChI is InChI=1S/C13H19BrF3NO/c14-8-9-4-3-7-18(9)12(19)10-5-1-2-6-11(10)13(15,16)17/h9-11H,1-8H2. The molecule has 2 fully saturated rings. The van der Waals surface area contributed by atoms with E-state index in [4.69, 9.17) is 0 Å². The molecule has 0 N–H and O–H groups in total. The maximum atomic E-state index is 13.0. The summed E-state index contributed by atoms with van der Waals surface area (Å²) in [7, 11) is 0. The van der Waals surface area contributed by atoms with Gasteiger partial charge >= 0.3 is 6.18 Å². The third-order valence-corrected chi connectivity index (χ3v) is 5.09. The van der Waals surface area contributed by atoms with Gasteiger partial charge in [0.1, 0.15) is 0 Å². The zero-order chi connectivity index (χ0) is 14.0. The lowest BCUT2D eigenvalue weighted by atomic mass is 9.78. The van der Waals surface area contributed by atoms with Crippen LogP contribution in [0.5, 0.6) is 0 Å². The number of carbonyl (C=O) groups excluding carboxylic acids is 1. The summed E-state index contributed by atoms with van der Waals surface area (Å²) in [5.74, 6) is -2.57. The van der Waals surface area contributed by atoms with Crippen molar-refractivity contribution in [1.29, 1.82) is 0 Å². The predicted octanol–water partition coefficient (Wildman–Crippen LogP) is 3.74. The highest BCUT2D eigenvalue weighted by Gasteiger charge is 2.49. The van der Waals surface area contributed by atoms with Crippen molar-refractivity contribution >= 4 is 21.8 Å². The van der Waals surface area contributed by atoms with Crippen LogP contribution >= 0.6 is 15.9 Å². The van der Waals surface area contributed by atoms with Gasteiger partial charge in [0.15, 0.2) is 0 Å².